The second kappa shape index (κ2) is 4.13. The predicted octanol–water partition coefficient (Wildman–Crippen LogP) is 3.58. The fraction of sp³-hybridized carbons (Fsp3) is 0. The molecule has 0 spiro atoms. The van der Waals surface area contributed by atoms with E-state index in [1.54, 1.807) is 18.2 Å². The minimum atomic E-state index is -0.589. The van der Waals surface area contributed by atoms with Gasteiger partial charge in [0.05, 0.1) is 16.3 Å². The normalized spacial score (nSPS) is 11.1. The minimum Gasteiger partial charge on any atom is -0.505 e. The Balaban J connectivity index is 2.23. The van der Waals surface area contributed by atoms with Crippen LogP contribution in [0, 0.1) is 5.82 Å². The molecule has 4 nitrogen and oxygen atoms in total. The van der Waals surface area contributed by atoms with Crippen LogP contribution in [-0.2, 0) is 0 Å². The monoisotopic (exact) mass is 278 g/mol. The number of phenolic OH excluding ortho intramolecular Hbond substituents is 1. The lowest BCUT2D eigenvalue weighted by Gasteiger charge is -2.02. The molecule has 19 heavy (non-hydrogen) atoms. The van der Waals surface area contributed by atoms with Crippen LogP contribution >= 0.6 is 11.6 Å². The average molecular weight is 279 g/mol. The van der Waals surface area contributed by atoms with Gasteiger partial charge in [-0.1, -0.05) is 17.7 Å². The number of benzene rings is 2. The number of rotatable bonds is 1. The molecule has 3 aromatic rings. The van der Waals surface area contributed by atoms with Crippen molar-refractivity contribution in [3.8, 4) is 17.2 Å². The number of fused-ring (bicyclic) bond motifs is 1. The second-order valence-corrected chi connectivity index (χ2v) is 4.40. The van der Waals surface area contributed by atoms with Crippen LogP contribution in [0.25, 0.3) is 22.6 Å². The average Bonchev–Trinajstić information content (AvgIpc) is 2.76. The Bertz CT molecular complexity index is 747. The third-order valence-corrected chi connectivity index (χ3v) is 3.02. The maximum atomic E-state index is 13.3. The zero-order valence-corrected chi connectivity index (χ0v) is 10.3. The number of hydrogen-bond acceptors (Lipinski definition) is 4. The van der Waals surface area contributed by atoms with Crippen LogP contribution in [0.4, 0.5) is 10.1 Å². The number of para-hydroxylation sites is 1. The van der Waals surface area contributed by atoms with Crippen LogP contribution in [0.3, 0.4) is 0 Å². The van der Waals surface area contributed by atoms with Gasteiger partial charge in [-0.25, -0.2) is 9.37 Å². The Hall–Kier alpha value is -2.27. The van der Waals surface area contributed by atoms with E-state index in [4.69, 9.17) is 21.8 Å². The molecule has 6 heteroatoms. The number of hydrogen-bond donors (Lipinski definition) is 2. The lowest BCUT2D eigenvalue weighted by Crippen LogP contribution is -1.87. The van der Waals surface area contributed by atoms with Crippen molar-refractivity contribution < 1.29 is 13.9 Å². The molecule has 0 aliphatic carbocycles. The molecular weight excluding hydrogens is 271 g/mol. The number of aromatic nitrogens is 1. The molecule has 0 radical (unpaired) electrons. The summed E-state index contributed by atoms with van der Waals surface area (Å²) in [5.41, 5.74) is 6.81. The number of halogens is 2. The molecule has 0 fully saturated rings. The van der Waals surface area contributed by atoms with Gasteiger partial charge in [-0.15, -0.1) is 0 Å². The van der Waals surface area contributed by atoms with E-state index in [1.165, 1.54) is 6.07 Å². The molecule has 0 bridgehead atoms. The van der Waals surface area contributed by atoms with Gasteiger partial charge in [0.2, 0.25) is 5.89 Å². The molecular formula is C13H8ClFN2O2. The molecule has 0 atom stereocenters. The molecule has 3 N–H and O–H groups in total. The van der Waals surface area contributed by atoms with Gasteiger partial charge in [-0.3, -0.25) is 0 Å². The largest absolute Gasteiger partial charge is 0.505 e. The van der Waals surface area contributed by atoms with Gasteiger partial charge in [-0.2, -0.15) is 0 Å². The van der Waals surface area contributed by atoms with Crippen LogP contribution in [-0.4, -0.2) is 10.1 Å². The molecule has 96 valence electrons. The smallest absolute Gasteiger partial charge is 0.231 e. The van der Waals surface area contributed by atoms with E-state index in [0.717, 1.165) is 6.07 Å². The van der Waals surface area contributed by atoms with E-state index in [2.05, 4.69) is 4.98 Å². The highest BCUT2D eigenvalue weighted by atomic mass is 35.5. The Labute approximate surface area is 112 Å². The molecule has 3 rings (SSSR count). The van der Waals surface area contributed by atoms with Gasteiger partial charge in [-0.05, 0) is 18.2 Å². The topological polar surface area (TPSA) is 72.3 Å². The minimum absolute atomic E-state index is 0.0378. The van der Waals surface area contributed by atoms with Gasteiger partial charge >= 0.3 is 0 Å². The molecule has 1 aromatic heterocycles. The maximum Gasteiger partial charge on any atom is 0.231 e. The number of nitrogens with zero attached hydrogens (tertiary/aromatic N) is 1. The highest BCUT2D eigenvalue weighted by molar-refractivity contribution is 6.31. The predicted molar refractivity (Wildman–Crippen MR) is 70.5 cm³/mol. The van der Waals surface area contributed by atoms with E-state index in [0.29, 0.717) is 11.1 Å². The molecule has 0 amide bonds. The summed E-state index contributed by atoms with van der Waals surface area (Å²) < 4.78 is 18.7. The highest BCUT2D eigenvalue weighted by Gasteiger charge is 2.15. The third-order valence-electron chi connectivity index (χ3n) is 2.73. The molecule has 0 saturated carbocycles. The number of nitrogens with two attached hydrogens (primary N) is 1. The lowest BCUT2D eigenvalue weighted by atomic mass is 10.2. The Morgan fingerprint density at radius 3 is 2.89 bits per heavy atom. The SMILES string of the molecule is Nc1cccc(-c2nc3cc(Cl)c(F)cc3o2)c1O. The molecule has 0 aliphatic heterocycles. The zero-order chi connectivity index (χ0) is 13.6. The third kappa shape index (κ3) is 1.88. The molecule has 2 aromatic carbocycles. The number of phenols is 1. The van der Waals surface area contributed by atoms with Crippen molar-refractivity contribution in [3.63, 3.8) is 0 Å². The second-order valence-electron chi connectivity index (χ2n) is 4.00. The van der Waals surface area contributed by atoms with E-state index >= 15 is 0 Å². The van der Waals surface area contributed by atoms with Crippen LogP contribution in [0.5, 0.6) is 5.75 Å². The van der Waals surface area contributed by atoms with Crippen LogP contribution in [0.15, 0.2) is 34.7 Å². The summed E-state index contributed by atoms with van der Waals surface area (Å²) in [6, 6.07) is 7.33. The fourth-order valence-electron chi connectivity index (χ4n) is 1.77. The Kier molecular flexibility index (Phi) is 2.57. The Morgan fingerprint density at radius 2 is 2.11 bits per heavy atom. The number of aromatic hydroxyl groups is 1. The molecule has 0 saturated heterocycles. The van der Waals surface area contributed by atoms with Crippen LogP contribution in [0.1, 0.15) is 0 Å². The van der Waals surface area contributed by atoms with Crippen molar-refractivity contribution in [3.05, 3.63) is 41.2 Å². The first kappa shape index (κ1) is 11.8. The van der Waals surface area contributed by atoms with Gasteiger partial charge < -0.3 is 15.3 Å². The van der Waals surface area contributed by atoms with Crippen LogP contribution in [0.2, 0.25) is 5.02 Å². The van der Waals surface area contributed by atoms with Crippen molar-refractivity contribution in [2.75, 3.05) is 5.73 Å². The first-order chi connectivity index (χ1) is 9.06. The summed E-state index contributed by atoms with van der Waals surface area (Å²) in [6.07, 6.45) is 0. The fourth-order valence-corrected chi connectivity index (χ4v) is 1.93. The van der Waals surface area contributed by atoms with Gasteiger partial charge in [0.1, 0.15) is 11.3 Å². The first-order valence-corrected chi connectivity index (χ1v) is 5.77. The van der Waals surface area contributed by atoms with Crippen LogP contribution < -0.4 is 5.73 Å². The summed E-state index contributed by atoms with van der Waals surface area (Å²) in [7, 11) is 0. The summed E-state index contributed by atoms with van der Waals surface area (Å²) in [5.74, 6) is -0.559. The van der Waals surface area contributed by atoms with E-state index in [-0.39, 0.29) is 27.9 Å². The summed E-state index contributed by atoms with van der Waals surface area (Å²) in [4.78, 5) is 4.15. The van der Waals surface area contributed by atoms with Crippen molar-refractivity contribution in [2.24, 2.45) is 0 Å². The van der Waals surface area contributed by atoms with Crippen molar-refractivity contribution in [1.82, 2.24) is 4.98 Å². The number of oxazole rings is 1. The maximum absolute atomic E-state index is 13.3. The molecule has 0 unspecified atom stereocenters. The summed E-state index contributed by atoms with van der Waals surface area (Å²) in [5, 5.41) is 9.82. The van der Waals surface area contributed by atoms with E-state index in [9.17, 15) is 9.50 Å². The lowest BCUT2D eigenvalue weighted by molar-refractivity contribution is 0.476. The molecule has 0 aliphatic rings. The summed E-state index contributed by atoms with van der Waals surface area (Å²) >= 11 is 5.67. The highest BCUT2D eigenvalue weighted by Crippen LogP contribution is 2.35. The zero-order valence-electron chi connectivity index (χ0n) is 9.52. The van der Waals surface area contributed by atoms with Crippen molar-refractivity contribution in [2.45, 2.75) is 0 Å². The van der Waals surface area contributed by atoms with E-state index < -0.39 is 5.82 Å². The van der Waals surface area contributed by atoms with Gasteiger partial charge in [0.15, 0.2) is 11.3 Å². The standard InChI is InChI=1S/C13H8ClFN2O2/c14-7-4-10-11(5-8(7)15)19-13(17-10)6-2-1-3-9(16)12(6)18/h1-5,18H,16H2. The Morgan fingerprint density at radius 1 is 1.32 bits per heavy atom. The molecule has 1 heterocycles. The van der Waals surface area contributed by atoms with E-state index in [1.807, 2.05) is 0 Å². The van der Waals surface area contributed by atoms with Crippen molar-refractivity contribution >= 4 is 28.4 Å². The summed E-state index contributed by atoms with van der Waals surface area (Å²) in [6.45, 7) is 0. The van der Waals surface area contributed by atoms with Gasteiger partial charge in [0.25, 0.3) is 0 Å². The van der Waals surface area contributed by atoms with Gasteiger partial charge in [0, 0.05) is 6.07 Å². The quantitative estimate of drug-likeness (QED) is 0.527. The number of anilines is 1. The number of nitrogen functional groups attached to an aromatic ring is 1. The van der Waals surface area contributed by atoms with Crippen molar-refractivity contribution in [1.29, 1.82) is 0 Å². The first-order valence-electron chi connectivity index (χ1n) is 5.39.